The Labute approximate surface area is 113 Å². The van der Waals surface area contributed by atoms with Crippen LogP contribution < -0.4 is 10.1 Å². The smallest absolute Gasteiger partial charge is 0.213 e. The Bertz CT molecular complexity index is 509. The van der Waals surface area contributed by atoms with Crippen LogP contribution in [0.5, 0.6) is 5.75 Å². The lowest BCUT2D eigenvalue weighted by molar-refractivity contribution is 0.283. The van der Waals surface area contributed by atoms with Crippen LogP contribution in [0, 0.1) is 6.92 Å². The van der Waals surface area contributed by atoms with Gasteiger partial charge in [0.1, 0.15) is 5.75 Å². The third-order valence-corrected chi connectivity index (χ3v) is 2.68. The predicted molar refractivity (Wildman–Crippen MR) is 71.8 cm³/mol. The Hall–Kier alpha value is -1.88. The summed E-state index contributed by atoms with van der Waals surface area (Å²) in [6, 6.07) is 6.57. The molecule has 1 heterocycles. The first-order valence-corrected chi connectivity index (χ1v) is 6.36. The van der Waals surface area contributed by atoms with Gasteiger partial charge in [-0.1, -0.05) is 36.7 Å². The van der Waals surface area contributed by atoms with Gasteiger partial charge in [-0.3, -0.25) is 0 Å². The number of ether oxygens (including phenoxy) is 1. The van der Waals surface area contributed by atoms with Crippen LogP contribution in [0.4, 0.5) is 0 Å². The normalized spacial score (nSPS) is 10.9. The SMILES string of the molecule is Cc1ccc(OCc2ncon2)c(CNC(C)C)c1. The molecule has 0 fully saturated rings. The molecule has 5 nitrogen and oxygen atoms in total. The minimum absolute atomic E-state index is 0.314. The minimum atomic E-state index is 0.314. The summed E-state index contributed by atoms with van der Waals surface area (Å²) in [5.74, 6) is 1.40. The highest BCUT2D eigenvalue weighted by molar-refractivity contribution is 5.36. The van der Waals surface area contributed by atoms with Gasteiger partial charge in [-0.2, -0.15) is 4.98 Å². The molecule has 102 valence electrons. The first kappa shape index (κ1) is 13.5. The number of aryl methyl sites for hydroxylation is 1. The Morgan fingerprint density at radius 3 is 2.89 bits per heavy atom. The molecule has 0 aliphatic rings. The van der Waals surface area contributed by atoms with Crippen LogP contribution in [0.3, 0.4) is 0 Å². The van der Waals surface area contributed by atoms with Gasteiger partial charge in [0.2, 0.25) is 12.2 Å². The van der Waals surface area contributed by atoms with E-state index in [0.717, 1.165) is 17.9 Å². The highest BCUT2D eigenvalue weighted by Gasteiger charge is 2.07. The summed E-state index contributed by atoms with van der Waals surface area (Å²) in [5.41, 5.74) is 2.35. The maximum absolute atomic E-state index is 5.74. The average Bonchev–Trinajstić information content (AvgIpc) is 2.88. The van der Waals surface area contributed by atoms with E-state index in [-0.39, 0.29) is 0 Å². The van der Waals surface area contributed by atoms with Crippen molar-refractivity contribution in [1.82, 2.24) is 15.5 Å². The topological polar surface area (TPSA) is 60.2 Å². The standard InChI is InChI=1S/C14H19N3O2/c1-10(2)15-7-12-6-11(3)4-5-13(12)18-8-14-16-9-19-17-14/h4-6,9-10,15H,7-8H2,1-3H3. The number of rotatable bonds is 6. The van der Waals surface area contributed by atoms with E-state index in [2.05, 4.69) is 46.8 Å². The molecular weight excluding hydrogens is 242 g/mol. The van der Waals surface area contributed by atoms with E-state index >= 15 is 0 Å². The third kappa shape index (κ3) is 4.06. The lowest BCUT2D eigenvalue weighted by Gasteiger charge is -2.13. The zero-order chi connectivity index (χ0) is 13.7. The Balaban J connectivity index is 2.05. The molecule has 2 aromatic rings. The summed E-state index contributed by atoms with van der Waals surface area (Å²) in [6.45, 7) is 7.41. The summed E-state index contributed by atoms with van der Waals surface area (Å²) in [4.78, 5) is 3.93. The molecule has 0 unspecified atom stereocenters. The van der Waals surface area contributed by atoms with Gasteiger partial charge in [-0.25, -0.2) is 0 Å². The van der Waals surface area contributed by atoms with Gasteiger partial charge in [0, 0.05) is 18.2 Å². The van der Waals surface area contributed by atoms with Gasteiger partial charge in [-0.15, -0.1) is 0 Å². The van der Waals surface area contributed by atoms with Crippen LogP contribution in [0.1, 0.15) is 30.8 Å². The lowest BCUT2D eigenvalue weighted by atomic mass is 10.1. The maximum atomic E-state index is 5.74. The quantitative estimate of drug-likeness (QED) is 0.865. The minimum Gasteiger partial charge on any atom is -0.485 e. The van der Waals surface area contributed by atoms with Crippen LogP contribution in [0.25, 0.3) is 0 Å². The summed E-state index contributed by atoms with van der Waals surface area (Å²) in [6.07, 6.45) is 1.30. The Morgan fingerprint density at radius 2 is 2.21 bits per heavy atom. The van der Waals surface area contributed by atoms with Crippen molar-refractivity contribution < 1.29 is 9.26 Å². The number of nitrogens with zero attached hydrogens (tertiary/aromatic N) is 2. The van der Waals surface area contributed by atoms with Crippen molar-refractivity contribution in [3.05, 3.63) is 41.5 Å². The van der Waals surface area contributed by atoms with Crippen molar-refractivity contribution >= 4 is 0 Å². The van der Waals surface area contributed by atoms with Crippen LogP contribution in [0.2, 0.25) is 0 Å². The molecule has 1 aromatic heterocycles. The predicted octanol–water partition coefficient (Wildman–Crippen LogP) is 2.46. The van der Waals surface area contributed by atoms with E-state index in [9.17, 15) is 0 Å². The van der Waals surface area contributed by atoms with Crippen molar-refractivity contribution in [3.8, 4) is 5.75 Å². The summed E-state index contributed by atoms with van der Waals surface area (Å²) in [5, 5.41) is 7.12. The monoisotopic (exact) mass is 261 g/mol. The highest BCUT2D eigenvalue weighted by Crippen LogP contribution is 2.21. The van der Waals surface area contributed by atoms with Crippen molar-refractivity contribution in [3.63, 3.8) is 0 Å². The summed E-state index contributed by atoms with van der Waals surface area (Å²) < 4.78 is 10.4. The van der Waals surface area contributed by atoms with Gasteiger partial charge in [-0.05, 0) is 13.0 Å². The average molecular weight is 261 g/mol. The molecule has 0 atom stereocenters. The molecule has 0 saturated heterocycles. The molecule has 0 radical (unpaired) electrons. The van der Waals surface area contributed by atoms with Gasteiger partial charge in [0.25, 0.3) is 0 Å². The Morgan fingerprint density at radius 1 is 1.37 bits per heavy atom. The van der Waals surface area contributed by atoms with Crippen LogP contribution in [-0.4, -0.2) is 16.2 Å². The van der Waals surface area contributed by atoms with E-state index in [1.807, 2.05) is 12.1 Å². The molecule has 1 N–H and O–H groups in total. The largest absolute Gasteiger partial charge is 0.485 e. The molecule has 0 aliphatic heterocycles. The van der Waals surface area contributed by atoms with Gasteiger partial charge in [0.05, 0.1) is 0 Å². The molecule has 19 heavy (non-hydrogen) atoms. The maximum Gasteiger partial charge on any atom is 0.213 e. The van der Waals surface area contributed by atoms with E-state index in [1.165, 1.54) is 12.0 Å². The van der Waals surface area contributed by atoms with E-state index in [0.29, 0.717) is 18.5 Å². The van der Waals surface area contributed by atoms with E-state index < -0.39 is 0 Å². The van der Waals surface area contributed by atoms with Crippen LogP contribution >= 0.6 is 0 Å². The zero-order valence-corrected chi connectivity index (χ0v) is 11.5. The molecule has 0 bridgehead atoms. The number of benzene rings is 1. The first-order valence-electron chi connectivity index (χ1n) is 6.36. The van der Waals surface area contributed by atoms with Crippen molar-refractivity contribution in [2.24, 2.45) is 0 Å². The second-order valence-corrected chi connectivity index (χ2v) is 4.78. The van der Waals surface area contributed by atoms with Crippen molar-refractivity contribution in [2.75, 3.05) is 0 Å². The molecular formula is C14H19N3O2. The fourth-order valence-corrected chi connectivity index (χ4v) is 1.70. The van der Waals surface area contributed by atoms with Gasteiger partial charge >= 0.3 is 0 Å². The fraction of sp³-hybridized carbons (Fsp3) is 0.429. The first-order chi connectivity index (χ1) is 9.15. The number of hydrogen-bond acceptors (Lipinski definition) is 5. The Kier molecular flexibility index (Phi) is 4.52. The second kappa shape index (κ2) is 6.33. The highest BCUT2D eigenvalue weighted by atomic mass is 16.5. The molecule has 0 aliphatic carbocycles. The lowest BCUT2D eigenvalue weighted by Crippen LogP contribution is -2.22. The fourth-order valence-electron chi connectivity index (χ4n) is 1.70. The molecule has 0 amide bonds. The van der Waals surface area contributed by atoms with Gasteiger partial charge < -0.3 is 14.6 Å². The molecule has 1 aromatic carbocycles. The second-order valence-electron chi connectivity index (χ2n) is 4.78. The number of hydrogen-bond donors (Lipinski definition) is 1. The number of nitrogens with one attached hydrogen (secondary N) is 1. The van der Waals surface area contributed by atoms with Crippen LogP contribution in [-0.2, 0) is 13.2 Å². The van der Waals surface area contributed by atoms with Crippen molar-refractivity contribution in [1.29, 1.82) is 0 Å². The van der Waals surface area contributed by atoms with Gasteiger partial charge in [0.15, 0.2) is 6.61 Å². The van der Waals surface area contributed by atoms with Crippen molar-refractivity contribution in [2.45, 2.75) is 40.0 Å². The van der Waals surface area contributed by atoms with Crippen LogP contribution in [0.15, 0.2) is 29.1 Å². The molecule has 0 saturated carbocycles. The zero-order valence-electron chi connectivity index (χ0n) is 11.5. The van der Waals surface area contributed by atoms with E-state index in [1.54, 1.807) is 0 Å². The van der Waals surface area contributed by atoms with E-state index in [4.69, 9.17) is 4.74 Å². The molecule has 2 rings (SSSR count). The molecule has 0 spiro atoms. The summed E-state index contributed by atoms with van der Waals surface area (Å²) in [7, 11) is 0. The summed E-state index contributed by atoms with van der Waals surface area (Å²) >= 11 is 0. The number of aromatic nitrogens is 2. The third-order valence-electron chi connectivity index (χ3n) is 2.68. The molecule has 5 heteroatoms.